The van der Waals surface area contributed by atoms with Crippen molar-refractivity contribution >= 4 is 23.6 Å². The van der Waals surface area contributed by atoms with Gasteiger partial charge in [-0.25, -0.2) is 0 Å². The number of rotatable bonds is 9. The molecule has 170 valence electrons. The Bertz CT molecular complexity index is 1140. The quantitative estimate of drug-likeness (QED) is 0.472. The lowest BCUT2D eigenvalue weighted by molar-refractivity contribution is -0.111. The Kier molecular flexibility index (Phi) is 8.24. The van der Waals surface area contributed by atoms with Gasteiger partial charge in [0.15, 0.2) is 11.5 Å². The molecule has 33 heavy (non-hydrogen) atoms. The maximum Gasteiger partial charge on any atom is 0.253 e. The smallest absolute Gasteiger partial charge is 0.253 e. The fraction of sp³-hybridized carbons (Fsp3) is 0.185. The van der Waals surface area contributed by atoms with Crippen LogP contribution in [-0.4, -0.2) is 32.6 Å². The van der Waals surface area contributed by atoms with Crippen LogP contribution in [-0.2, 0) is 11.2 Å². The summed E-state index contributed by atoms with van der Waals surface area (Å²) in [6.07, 6.45) is 3.82. The zero-order valence-electron chi connectivity index (χ0n) is 19.1. The average Bonchev–Trinajstić information content (AvgIpc) is 2.83. The highest BCUT2D eigenvalue weighted by atomic mass is 16.5. The number of aryl methyl sites for hydroxylation is 1. The largest absolute Gasteiger partial charge is 0.493 e. The summed E-state index contributed by atoms with van der Waals surface area (Å²) in [5, 5.41) is 5.70. The van der Waals surface area contributed by atoms with E-state index in [2.05, 4.69) is 10.6 Å². The van der Waals surface area contributed by atoms with Crippen LogP contribution in [0.25, 0.3) is 6.08 Å². The molecule has 0 aromatic heterocycles. The van der Waals surface area contributed by atoms with Gasteiger partial charge in [0, 0.05) is 12.6 Å². The predicted molar refractivity (Wildman–Crippen MR) is 131 cm³/mol. The van der Waals surface area contributed by atoms with Gasteiger partial charge < -0.3 is 20.1 Å². The van der Waals surface area contributed by atoms with Gasteiger partial charge >= 0.3 is 0 Å². The van der Waals surface area contributed by atoms with Crippen LogP contribution in [0.3, 0.4) is 0 Å². The topological polar surface area (TPSA) is 76.7 Å². The maximum absolute atomic E-state index is 12.7. The Morgan fingerprint density at radius 2 is 1.64 bits per heavy atom. The Hall–Kier alpha value is -4.06. The van der Waals surface area contributed by atoms with Gasteiger partial charge in [0.2, 0.25) is 5.91 Å². The van der Waals surface area contributed by atoms with Gasteiger partial charge in [0.05, 0.1) is 25.5 Å². The van der Waals surface area contributed by atoms with Crippen LogP contribution in [0, 0.1) is 6.92 Å². The van der Waals surface area contributed by atoms with Crippen LogP contribution < -0.4 is 20.1 Å². The van der Waals surface area contributed by atoms with Crippen LogP contribution in [0.5, 0.6) is 11.5 Å². The average molecular weight is 445 g/mol. The van der Waals surface area contributed by atoms with E-state index in [1.165, 1.54) is 6.08 Å². The normalized spacial score (nSPS) is 10.6. The van der Waals surface area contributed by atoms with Gasteiger partial charge in [0.1, 0.15) is 0 Å². The monoisotopic (exact) mass is 444 g/mol. The molecule has 3 aromatic carbocycles. The lowest BCUT2D eigenvalue weighted by atomic mass is 10.1. The second kappa shape index (κ2) is 11.5. The van der Waals surface area contributed by atoms with Crippen molar-refractivity contribution in [1.82, 2.24) is 5.32 Å². The fourth-order valence-corrected chi connectivity index (χ4v) is 3.27. The highest BCUT2D eigenvalue weighted by Gasteiger charge is 2.12. The van der Waals surface area contributed by atoms with Gasteiger partial charge in [0.25, 0.3) is 5.91 Å². The molecule has 3 rings (SSSR count). The number of amides is 2. The highest BCUT2D eigenvalue weighted by Crippen LogP contribution is 2.27. The molecule has 0 fully saturated rings. The number of methoxy groups -OCH3 is 2. The summed E-state index contributed by atoms with van der Waals surface area (Å²) in [7, 11) is 3.18. The summed E-state index contributed by atoms with van der Waals surface area (Å²) >= 11 is 0. The standard InChI is InChI=1S/C27H28N2O4/c1-19-8-10-20(11-9-19)13-15-26(30)29-23-7-5-4-6-22(23)27(31)28-17-16-21-12-14-24(32-2)25(18-21)33-3/h4-15,18H,16-17H2,1-3H3,(H,28,31)(H,29,30)/b15-13+. The molecule has 2 N–H and O–H groups in total. The first-order valence-electron chi connectivity index (χ1n) is 10.6. The van der Waals surface area contributed by atoms with Crippen molar-refractivity contribution in [2.24, 2.45) is 0 Å². The van der Waals surface area contributed by atoms with Gasteiger partial charge in [-0.05, 0) is 54.8 Å². The molecule has 3 aromatic rings. The Balaban J connectivity index is 1.59. The minimum Gasteiger partial charge on any atom is -0.493 e. The molecule has 6 nitrogen and oxygen atoms in total. The number of benzene rings is 3. The number of hydrogen-bond donors (Lipinski definition) is 2. The number of carbonyl (C=O) groups is 2. The molecule has 0 aliphatic heterocycles. The van der Waals surface area contributed by atoms with Crippen molar-refractivity contribution in [2.45, 2.75) is 13.3 Å². The molecule has 6 heteroatoms. The number of para-hydroxylation sites is 1. The molecular weight excluding hydrogens is 416 g/mol. The van der Waals surface area contributed by atoms with Crippen molar-refractivity contribution in [2.75, 3.05) is 26.1 Å². The first-order valence-corrected chi connectivity index (χ1v) is 10.6. The maximum atomic E-state index is 12.7. The lowest BCUT2D eigenvalue weighted by Crippen LogP contribution is -2.27. The minimum absolute atomic E-state index is 0.256. The predicted octanol–water partition coefficient (Wildman–Crippen LogP) is 4.64. The van der Waals surface area contributed by atoms with Crippen molar-refractivity contribution < 1.29 is 19.1 Å². The van der Waals surface area contributed by atoms with E-state index < -0.39 is 0 Å². The van der Waals surface area contributed by atoms with Crippen LogP contribution in [0.1, 0.15) is 27.0 Å². The minimum atomic E-state index is -0.304. The third-order valence-electron chi connectivity index (χ3n) is 5.08. The lowest BCUT2D eigenvalue weighted by Gasteiger charge is -2.12. The van der Waals surface area contributed by atoms with Crippen molar-refractivity contribution in [3.8, 4) is 11.5 Å². The molecule has 0 heterocycles. The number of anilines is 1. The van der Waals surface area contributed by atoms with Crippen molar-refractivity contribution in [3.63, 3.8) is 0 Å². The zero-order valence-corrected chi connectivity index (χ0v) is 19.1. The summed E-state index contributed by atoms with van der Waals surface area (Å²) < 4.78 is 10.6. The van der Waals surface area contributed by atoms with E-state index in [1.807, 2.05) is 49.4 Å². The molecule has 2 amide bonds. The van der Waals surface area contributed by atoms with Crippen LogP contribution >= 0.6 is 0 Å². The third-order valence-corrected chi connectivity index (χ3v) is 5.08. The number of nitrogens with one attached hydrogen (secondary N) is 2. The van der Waals surface area contributed by atoms with E-state index >= 15 is 0 Å². The molecule has 0 aliphatic carbocycles. The third kappa shape index (κ3) is 6.71. The molecule has 0 spiro atoms. The fourth-order valence-electron chi connectivity index (χ4n) is 3.27. The summed E-state index contributed by atoms with van der Waals surface area (Å²) in [4.78, 5) is 25.1. The summed E-state index contributed by atoms with van der Waals surface area (Å²) in [5.41, 5.74) is 3.96. The van der Waals surface area contributed by atoms with Gasteiger partial charge in [-0.15, -0.1) is 0 Å². The zero-order chi connectivity index (χ0) is 23.6. The molecule has 0 unspecified atom stereocenters. The molecular formula is C27H28N2O4. The number of ether oxygens (including phenoxy) is 2. The van der Waals surface area contributed by atoms with Gasteiger partial charge in [-0.3, -0.25) is 9.59 Å². The summed E-state index contributed by atoms with van der Waals surface area (Å²) in [6, 6.07) is 20.5. The van der Waals surface area contributed by atoms with E-state index in [0.29, 0.717) is 35.7 Å². The number of hydrogen-bond acceptors (Lipinski definition) is 4. The molecule has 0 radical (unpaired) electrons. The first kappa shape index (κ1) is 23.6. The van der Waals surface area contributed by atoms with Gasteiger partial charge in [-0.1, -0.05) is 48.0 Å². The van der Waals surface area contributed by atoms with E-state index in [1.54, 1.807) is 44.6 Å². The van der Waals surface area contributed by atoms with E-state index in [4.69, 9.17) is 9.47 Å². The molecule has 0 atom stereocenters. The van der Waals surface area contributed by atoms with E-state index in [-0.39, 0.29) is 11.8 Å². The highest BCUT2D eigenvalue weighted by molar-refractivity contribution is 6.07. The van der Waals surface area contributed by atoms with E-state index in [0.717, 1.165) is 16.7 Å². The summed E-state index contributed by atoms with van der Waals surface area (Å²) in [5.74, 6) is 0.745. The summed E-state index contributed by atoms with van der Waals surface area (Å²) in [6.45, 7) is 2.44. The van der Waals surface area contributed by atoms with Crippen molar-refractivity contribution in [1.29, 1.82) is 0 Å². The molecule has 0 bridgehead atoms. The first-order chi connectivity index (χ1) is 16.0. The van der Waals surface area contributed by atoms with E-state index in [9.17, 15) is 9.59 Å². The Morgan fingerprint density at radius 1 is 0.909 bits per heavy atom. The van der Waals surface area contributed by atoms with Crippen LogP contribution in [0.2, 0.25) is 0 Å². The van der Waals surface area contributed by atoms with Crippen LogP contribution in [0.15, 0.2) is 72.8 Å². The Labute approximate surface area is 194 Å². The SMILES string of the molecule is COc1ccc(CCNC(=O)c2ccccc2NC(=O)/C=C/c2ccc(C)cc2)cc1OC. The molecule has 0 aliphatic rings. The molecule has 0 saturated carbocycles. The second-order valence-electron chi connectivity index (χ2n) is 7.47. The number of carbonyl (C=O) groups excluding carboxylic acids is 2. The van der Waals surface area contributed by atoms with Crippen molar-refractivity contribution in [3.05, 3.63) is 95.1 Å². The van der Waals surface area contributed by atoms with Gasteiger partial charge in [-0.2, -0.15) is 0 Å². The Morgan fingerprint density at radius 3 is 2.36 bits per heavy atom. The van der Waals surface area contributed by atoms with Crippen LogP contribution in [0.4, 0.5) is 5.69 Å². The molecule has 0 saturated heterocycles. The second-order valence-corrected chi connectivity index (χ2v) is 7.47.